The number of thiazole rings is 1. The summed E-state index contributed by atoms with van der Waals surface area (Å²) in [5, 5.41) is 3.56. The highest BCUT2D eigenvalue weighted by Gasteiger charge is 2.17. The molecule has 0 saturated carbocycles. The Morgan fingerprint density at radius 3 is 3.00 bits per heavy atom. The molecule has 0 radical (unpaired) electrons. The van der Waals surface area contributed by atoms with Gasteiger partial charge in [0.05, 0.1) is 28.3 Å². The molecule has 0 unspecified atom stereocenters. The van der Waals surface area contributed by atoms with Gasteiger partial charge in [0.15, 0.2) is 5.13 Å². The fraction of sp³-hybridized carbons (Fsp3) is 0.500. The second-order valence-corrected chi connectivity index (χ2v) is 7.65. The molecule has 3 rings (SSSR count). The number of anilines is 2. The van der Waals surface area contributed by atoms with E-state index in [4.69, 9.17) is 4.74 Å². The number of alkyl halides is 1. The van der Waals surface area contributed by atoms with Crippen molar-refractivity contribution in [1.29, 1.82) is 0 Å². The Morgan fingerprint density at radius 1 is 1.48 bits per heavy atom. The lowest BCUT2D eigenvalue weighted by molar-refractivity contribution is -0.115. The first kappa shape index (κ1) is 16.7. The van der Waals surface area contributed by atoms with Gasteiger partial charge in [-0.2, -0.15) is 0 Å². The largest absolute Gasteiger partial charge is 0.378 e. The molecule has 1 atom stereocenters. The molecule has 1 fully saturated rings. The van der Waals surface area contributed by atoms with Crippen LogP contribution in [0.3, 0.4) is 0 Å². The fourth-order valence-corrected chi connectivity index (χ4v) is 4.03. The van der Waals surface area contributed by atoms with Crippen LogP contribution >= 0.6 is 27.3 Å². The number of carbonyl (C=O) groups is 1. The second kappa shape index (κ2) is 7.59. The highest BCUT2D eigenvalue weighted by atomic mass is 79.9. The van der Waals surface area contributed by atoms with Crippen molar-refractivity contribution in [2.24, 2.45) is 0 Å². The number of nitrogens with zero attached hydrogens (tertiary/aromatic N) is 2. The Bertz CT molecular complexity index is 685. The van der Waals surface area contributed by atoms with E-state index < -0.39 is 0 Å². The molecule has 1 aliphatic rings. The predicted molar refractivity (Wildman–Crippen MR) is 98.9 cm³/mol. The first-order valence-electron chi connectivity index (χ1n) is 7.85. The predicted octanol–water partition coefficient (Wildman–Crippen LogP) is 3.64. The minimum absolute atomic E-state index is 0.0284. The lowest BCUT2D eigenvalue weighted by Gasteiger charge is -2.28. The van der Waals surface area contributed by atoms with Gasteiger partial charge >= 0.3 is 0 Å². The Kier molecular flexibility index (Phi) is 5.50. The van der Waals surface area contributed by atoms with Crippen LogP contribution in [0.5, 0.6) is 0 Å². The van der Waals surface area contributed by atoms with E-state index in [2.05, 4.69) is 50.2 Å². The highest BCUT2D eigenvalue weighted by Crippen LogP contribution is 2.30. The van der Waals surface area contributed by atoms with Gasteiger partial charge in [-0.1, -0.05) is 40.6 Å². The van der Waals surface area contributed by atoms with Gasteiger partial charge < -0.3 is 15.0 Å². The molecule has 1 aromatic carbocycles. The maximum atomic E-state index is 12.1. The van der Waals surface area contributed by atoms with Gasteiger partial charge in [-0.25, -0.2) is 4.98 Å². The molecule has 1 aliphatic heterocycles. The van der Waals surface area contributed by atoms with Crippen molar-refractivity contribution < 1.29 is 9.53 Å². The molecule has 0 bridgehead atoms. The number of hydrogen-bond donors (Lipinski definition) is 1. The Hall–Kier alpha value is -1.18. The SMILES string of the molecule is CCC[C@H](Br)C(=O)Nc1nc2ccc(N3CCOCC3)cc2s1. The summed E-state index contributed by atoms with van der Waals surface area (Å²) < 4.78 is 6.48. The van der Waals surface area contributed by atoms with Crippen LogP contribution in [-0.2, 0) is 9.53 Å². The second-order valence-electron chi connectivity index (χ2n) is 5.52. The lowest BCUT2D eigenvalue weighted by Crippen LogP contribution is -2.36. The summed E-state index contributed by atoms with van der Waals surface area (Å²) in [7, 11) is 0. The first-order chi connectivity index (χ1) is 11.2. The molecular formula is C16H20BrN3O2S. The number of benzene rings is 1. The van der Waals surface area contributed by atoms with Crippen molar-refractivity contribution in [3.63, 3.8) is 0 Å². The van der Waals surface area contributed by atoms with Crippen LogP contribution in [-0.4, -0.2) is 42.0 Å². The van der Waals surface area contributed by atoms with E-state index in [-0.39, 0.29) is 10.7 Å². The number of morpholine rings is 1. The zero-order chi connectivity index (χ0) is 16.2. The molecule has 124 valence electrons. The van der Waals surface area contributed by atoms with Crippen molar-refractivity contribution in [3.05, 3.63) is 18.2 Å². The summed E-state index contributed by atoms with van der Waals surface area (Å²) >= 11 is 4.93. The summed E-state index contributed by atoms with van der Waals surface area (Å²) in [6, 6.07) is 6.25. The van der Waals surface area contributed by atoms with Gasteiger partial charge in [-0.05, 0) is 24.6 Å². The monoisotopic (exact) mass is 397 g/mol. The Morgan fingerprint density at radius 2 is 2.26 bits per heavy atom. The van der Waals surface area contributed by atoms with Crippen LogP contribution in [0.25, 0.3) is 10.2 Å². The first-order valence-corrected chi connectivity index (χ1v) is 9.59. The average Bonchev–Trinajstić information content (AvgIpc) is 2.97. The Balaban J connectivity index is 1.75. The number of fused-ring (bicyclic) bond motifs is 1. The minimum atomic E-state index is -0.163. The number of carbonyl (C=O) groups excluding carboxylic acids is 1. The van der Waals surface area contributed by atoms with Crippen molar-refractivity contribution >= 4 is 54.2 Å². The van der Waals surface area contributed by atoms with E-state index in [9.17, 15) is 4.79 Å². The number of hydrogen-bond acceptors (Lipinski definition) is 5. The molecule has 0 spiro atoms. The zero-order valence-corrected chi connectivity index (χ0v) is 15.5. The van der Waals surface area contributed by atoms with Crippen LogP contribution in [0.2, 0.25) is 0 Å². The van der Waals surface area contributed by atoms with Crippen molar-refractivity contribution in [2.75, 3.05) is 36.5 Å². The smallest absolute Gasteiger partial charge is 0.239 e. The summed E-state index contributed by atoms with van der Waals surface area (Å²) in [5.41, 5.74) is 2.11. The normalized spacial score (nSPS) is 16.5. The van der Waals surface area contributed by atoms with Gasteiger partial charge in [-0.15, -0.1) is 0 Å². The molecule has 2 heterocycles. The third-order valence-corrected chi connectivity index (χ3v) is 5.61. The molecule has 1 amide bonds. The summed E-state index contributed by atoms with van der Waals surface area (Å²) in [6.45, 7) is 5.43. The number of rotatable bonds is 5. The van der Waals surface area contributed by atoms with Gasteiger partial charge in [0.25, 0.3) is 0 Å². The molecule has 5 nitrogen and oxygen atoms in total. The van der Waals surface area contributed by atoms with E-state index in [0.717, 1.165) is 49.4 Å². The topological polar surface area (TPSA) is 54.5 Å². The van der Waals surface area contributed by atoms with E-state index in [1.165, 1.54) is 17.0 Å². The van der Waals surface area contributed by atoms with Crippen LogP contribution in [0.4, 0.5) is 10.8 Å². The molecule has 1 saturated heterocycles. The number of aromatic nitrogens is 1. The molecule has 23 heavy (non-hydrogen) atoms. The quantitative estimate of drug-likeness (QED) is 0.782. The van der Waals surface area contributed by atoms with E-state index in [0.29, 0.717) is 5.13 Å². The molecule has 1 N–H and O–H groups in total. The van der Waals surface area contributed by atoms with Crippen LogP contribution in [0.1, 0.15) is 19.8 Å². The lowest BCUT2D eigenvalue weighted by atomic mass is 10.2. The van der Waals surface area contributed by atoms with Crippen LogP contribution < -0.4 is 10.2 Å². The average molecular weight is 398 g/mol. The molecular weight excluding hydrogens is 378 g/mol. The molecule has 0 aliphatic carbocycles. The number of halogens is 1. The zero-order valence-electron chi connectivity index (χ0n) is 13.0. The third kappa shape index (κ3) is 4.02. The summed E-state index contributed by atoms with van der Waals surface area (Å²) in [6.07, 6.45) is 1.78. The standard InChI is InChI=1S/C16H20BrN3O2S/c1-2-3-12(17)15(21)19-16-18-13-5-4-11(10-14(13)23-16)20-6-8-22-9-7-20/h4-5,10,12H,2-3,6-9H2,1H3,(H,18,19,21)/t12-/m0/s1. The number of amides is 1. The maximum absolute atomic E-state index is 12.1. The van der Waals surface area contributed by atoms with E-state index in [1.54, 1.807) is 0 Å². The maximum Gasteiger partial charge on any atom is 0.239 e. The van der Waals surface area contributed by atoms with Crippen LogP contribution in [0.15, 0.2) is 18.2 Å². The molecule has 7 heteroatoms. The van der Waals surface area contributed by atoms with E-state index >= 15 is 0 Å². The fourth-order valence-electron chi connectivity index (χ4n) is 2.55. The van der Waals surface area contributed by atoms with Gasteiger partial charge in [0.1, 0.15) is 0 Å². The number of ether oxygens (including phenoxy) is 1. The van der Waals surface area contributed by atoms with Crippen LogP contribution in [0, 0.1) is 0 Å². The summed E-state index contributed by atoms with van der Waals surface area (Å²) in [4.78, 5) is 18.7. The van der Waals surface area contributed by atoms with Gasteiger partial charge in [0.2, 0.25) is 5.91 Å². The van der Waals surface area contributed by atoms with Gasteiger partial charge in [0, 0.05) is 18.8 Å². The third-order valence-electron chi connectivity index (χ3n) is 3.81. The molecule has 1 aromatic heterocycles. The van der Waals surface area contributed by atoms with Crippen molar-refractivity contribution in [1.82, 2.24) is 4.98 Å². The molecule has 2 aromatic rings. The highest BCUT2D eigenvalue weighted by molar-refractivity contribution is 9.10. The van der Waals surface area contributed by atoms with E-state index in [1.807, 2.05) is 6.07 Å². The minimum Gasteiger partial charge on any atom is -0.378 e. The number of nitrogens with one attached hydrogen (secondary N) is 1. The van der Waals surface area contributed by atoms with Crippen molar-refractivity contribution in [3.8, 4) is 0 Å². The van der Waals surface area contributed by atoms with Gasteiger partial charge in [-0.3, -0.25) is 4.79 Å². The summed E-state index contributed by atoms with van der Waals surface area (Å²) in [5.74, 6) is -0.0284. The Labute approximate surface area is 148 Å². The van der Waals surface area contributed by atoms with Crippen molar-refractivity contribution in [2.45, 2.75) is 24.6 Å².